The second kappa shape index (κ2) is 6.37. The number of thiophene rings is 1. The van der Waals surface area contributed by atoms with Gasteiger partial charge >= 0.3 is 0 Å². The van der Waals surface area contributed by atoms with E-state index < -0.39 is 0 Å². The van der Waals surface area contributed by atoms with Crippen molar-refractivity contribution in [3.8, 4) is 0 Å². The van der Waals surface area contributed by atoms with Gasteiger partial charge in [0.15, 0.2) is 0 Å². The summed E-state index contributed by atoms with van der Waals surface area (Å²) in [6, 6.07) is 3.58. The minimum atomic E-state index is -0.222. The van der Waals surface area contributed by atoms with Gasteiger partial charge in [0, 0.05) is 17.8 Å². The van der Waals surface area contributed by atoms with E-state index in [4.69, 9.17) is 17.3 Å². The molecule has 0 aromatic carbocycles. The SMILES string of the molecule is Cc1nc2sc(C(=O)NC(C)c3cccnc3)c(N)c2c(C)c1Cl. The van der Waals surface area contributed by atoms with E-state index in [9.17, 15) is 4.79 Å². The number of aryl methyl sites for hydroxylation is 2. The molecule has 0 aliphatic heterocycles. The number of halogens is 1. The minimum absolute atomic E-state index is 0.171. The number of fused-ring (bicyclic) bond motifs is 1. The van der Waals surface area contributed by atoms with Crippen LogP contribution in [0, 0.1) is 13.8 Å². The van der Waals surface area contributed by atoms with Crippen LogP contribution in [-0.4, -0.2) is 15.9 Å². The van der Waals surface area contributed by atoms with Gasteiger partial charge in [-0.3, -0.25) is 9.78 Å². The van der Waals surface area contributed by atoms with E-state index in [2.05, 4.69) is 15.3 Å². The topological polar surface area (TPSA) is 80.9 Å². The molecule has 24 heavy (non-hydrogen) atoms. The molecule has 3 rings (SSSR count). The largest absolute Gasteiger partial charge is 0.397 e. The predicted octanol–water partition coefficient (Wildman–Crippen LogP) is 4.03. The number of nitrogens with one attached hydrogen (secondary N) is 1. The molecule has 3 N–H and O–H groups in total. The molecule has 0 spiro atoms. The summed E-state index contributed by atoms with van der Waals surface area (Å²) in [5.74, 6) is -0.222. The molecular weight excluding hydrogens is 344 g/mol. The van der Waals surface area contributed by atoms with Crippen LogP contribution in [0.5, 0.6) is 0 Å². The zero-order chi connectivity index (χ0) is 17.4. The lowest BCUT2D eigenvalue weighted by Crippen LogP contribution is -2.26. The lowest BCUT2D eigenvalue weighted by Gasteiger charge is -2.13. The van der Waals surface area contributed by atoms with E-state index in [1.165, 1.54) is 11.3 Å². The first kappa shape index (κ1) is 16.7. The van der Waals surface area contributed by atoms with Crippen LogP contribution < -0.4 is 11.1 Å². The number of hydrogen-bond acceptors (Lipinski definition) is 5. The Hall–Kier alpha value is -2.18. The van der Waals surface area contributed by atoms with E-state index in [1.54, 1.807) is 12.4 Å². The van der Waals surface area contributed by atoms with E-state index in [0.29, 0.717) is 15.6 Å². The van der Waals surface area contributed by atoms with Gasteiger partial charge in [0.2, 0.25) is 0 Å². The van der Waals surface area contributed by atoms with Gasteiger partial charge in [-0.2, -0.15) is 0 Å². The Kier molecular flexibility index (Phi) is 4.43. The standard InChI is InChI=1S/C17H17ClN4OS/c1-8-12-14(19)15(24-17(12)22-10(3)13(8)18)16(23)21-9(2)11-5-4-6-20-7-11/h4-7,9H,19H2,1-3H3,(H,21,23). The molecule has 0 fully saturated rings. The van der Waals surface area contributed by atoms with Crippen molar-refractivity contribution in [1.82, 2.24) is 15.3 Å². The minimum Gasteiger partial charge on any atom is -0.397 e. The molecule has 0 aliphatic carbocycles. The predicted molar refractivity (Wildman–Crippen MR) is 98.6 cm³/mol. The third-order valence-corrected chi connectivity index (χ3v) is 5.61. The summed E-state index contributed by atoms with van der Waals surface area (Å²) in [5.41, 5.74) is 9.16. The maximum atomic E-state index is 12.6. The van der Waals surface area contributed by atoms with Crippen LogP contribution >= 0.6 is 22.9 Å². The van der Waals surface area contributed by atoms with Crippen LogP contribution in [-0.2, 0) is 0 Å². The number of carbonyl (C=O) groups excluding carboxylic acids is 1. The number of carbonyl (C=O) groups is 1. The first-order valence-corrected chi connectivity index (χ1v) is 8.65. The number of amides is 1. The maximum Gasteiger partial charge on any atom is 0.264 e. The molecule has 5 nitrogen and oxygen atoms in total. The van der Waals surface area contributed by atoms with Crippen molar-refractivity contribution in [2.75, 3.05) is 5.73 Å². The first-order chi connectivity index (χ1) is 11.4. The maximum absolute atomic E-state index is 12.6. The van der Waals surface area contributed by atoms with Crippen molar-refractivity contribution >= 4 is 44.7 Å². The Balaban J connectivity index is 1.96. The molecule has 0 aliphatic rings. The zero-order valence-electron chi connectivity index (χ0n) is 13.6. The smallest absolute Gasteiger partial charge is 0.264 e. The van der Waals surface area contributed by atoms with Crippen LogP contribution in [0.3, 0.4) is 0 Å². The van der Waals surface area contributed by atoms with Gasteiger partial charge in [-0.1, -0.05) is 17.7 Å². The highest BCUT2D eigenvalue weighted by molar-refractivity contribution is 7.21. The Labute approximate surface area is 148 Å². The van der Waals surface area contributed by atoms with Crippen LogP contribution in [0.4, 0.5) is 5.69 Å². The third-order valence-electron chi connectivity index (χ3n) is 3.96. The van der Waals surface area contributed by atoms with Crippen molar-refractivity contribution in [1.29, 1.82) is 0 Å². The van der Waals surface area contributed by atoms with Gasteiger partial charge in [0.1, 0.15) is 9.71 Å². The second-order valence-corrected chi connectivity index (χ2v) is 7.02. The van der Waals surface area contributed by atoms with Gasteiger partial charge in [-0.15, -0.1) is 11.3 Å². The molecular formula is C17H17ClN4OS. The molecule has 0 saturated carbocycles. The normalized spacial score (nSPS) is 12.3. The second-order valence-electron chi connectivity index (χ2n) is 5.64. The summed E-state index contributed by atoms with van der Waals surface area (Å²) < 4.78 is 0. The summed E-state index contributed by atoms with van der Waals surface area (Å²) in [5, 5.41) is 4.30. The molecule has 3 heterocycles. The molecule has 1 atom stereocenters. The van der Waals surface area contributed by atoms with Gasteiger partial charge in [-0.05, 0) is 38.0 Å². The fourth-order valence-electron chi connectivity index (χ4n) is 2.60. The summed E-state index contributed by atoms with van der Waals surface area (Å²) in [6.45, 7) is 5.64. The van der Waals surface area contributed by atoms with Crippen LogP contribution in [0.2, 0.25) is 5.02 Å². The first-order valence-electron chi connectivity index (χ1n) is 7.45. The van der Waals surface area contributed by atoms with Gasteiger partial charge in [0.25, 0.3) is 5.91 Å². The Morgan fingerprint density at radius 1 is 1.42 bits per heavy atom. The third kappa shape index (κ3) is 2.83. The van der Waals surface area contributed by atoms with Gasteiger partial charge in [-0.25, -0.2) is 4.98 Å². The molecule has 0 saturated heterocycles. The van der Waals surface area contributed by atoms with Crippen LogP contribution in [0.15, 0.2) is 24.5 Å². The number of nitrogen functional groups attached to an aromatic ring is 1. The van der Waals surface area contributed by atoms with E-state index in [0.717, 1.165) is 27.0 Å². The summed E-state index contributed by atoms with van der Waals surface area (Å²) >= 11 is 7.54. The summed E-state index contributed by atoms with van der Waals surface area (Å²) in [6.07, 6.45) is 3.43. The number of rotatable bonds is 3. The van der Waals surface area contributed by atoms with Crippen molar-refractivity contribution in [2.45, 2.75) is 26.8 Å². The van der Waals surface area contributed by atoms with Gasteiger partial charge in [0.05, 0.1) is 22.4 Å². The molecule has 7 heteroatoms. The van der Waals surface area contributed by atoms with Crippen LogP contribution in [0.1, 0.15) is 39.5 Å². The highest BCUT2D eigenvalue weighted by atomic mass is 35.5. The highest BCUT2D eigenvalue weighted by Crippen LogP contribution is 2.38. The van der Waals surface area contributed by atoms with Crippen molar-refractivity contribution < 1.29 is 4.79 Å². The number of nitrogens with two attached hydrogens (primary N) is 1. The van der Waals surface area contributed by atoms with Gasteiger partial charge < -0.3 is 11.1 Å². The number of pyridine rings is 2. The van der Waals surface area contributed by atoms with E-state index in [1.807, 2.05) is 32.9 Å². The quantitative estimate of drug-likeness (QED) is 0.738. The fourth-order valence-corrected chi connectivity index (χ4v) is 3.84. The molecule has 1 amide bonds. The molecule has 0 radical (unpaired) electrons. The van der Waals surface area contributed by atoms with Crippen molar-refractivity contribution in [3.05, 3.63) is 51.2 Å². The Morgan fingerprint density at radius 2 is 2.17 bits per heavy atom. The number of hydrogen-bond donors (Lipinski definition) is 2. The number of nitrogens with zero attached hydrogens (tertiary/aromatic N) is 2. The highest BCUT2D eigenvalue weighted by Gasteiger charge is 2.22. The summed E-state index contributed by atoms with van der Waals surface area (Å²) in [7, 11) is 0. The van der Waals surface area contributed by atoms with Crippen molar-refractivity contribution in [3.63, 3.8) is 0 Å². The number of aromatic nitrogens is 2. The lowest BCUT2D eigenvalue weighted by molar-refractivity contribution is 0.0945. The fraction of sp³-hybridized carbons (Fsp3) is 0.235. The lowest BCUT2D eigenvalue weighted by atomic mass is 10.1. The Bertz CT molecular complexity index is 923. The summed E-state index contributed by atoms with van der Waals surface area (Å²) in [4.78, 5) is 22.3. The average Bonchev–Trinajstić information content (AvgIpc) is 2.90. The molecule has 124 valence electrons. The molecule has 3 aromatic rings. The number of anilines is 1. The van der Waals surface area contributed by atoms with Crippen LogP contribution in [0.25, 0.3) is 10.2 Å². The van der Waals surface area contributed by atoms with E-state index in [-0.39, 0.29) is 11.9 Å². The molecule has 1 unspecified atom stereocenters. The monoisotopic (exact) mass is 360 g/mol. The molecule has 0 bridgehead atoms. The average molecular weight is 361 g/mol. The molecule has 3 aromatic heterocycles. The Morgan fingerprint density at radius 3 is 2.83 bits per heavy atom. The van der Waals surface area contributed by atoms with Crippen molar-refractivity contribution in [2.24, 2.45) is 0 Å². The zero-order valence-corrected chi connectivity index (χ0v) is 15.1. The van der Waals surface area contributed by atoms with E-state index >= 15 is 0 Å².